The summed E-state index contributed by atoms with van der Waals surface area (Å²) >= 11 is 3.48. The molecule has 5 rings (SSSR count). The van der Waals surface area contributed by atoms with Crippen LogP contribution in [0.5, 0.6) is 5.75 Å². The molecule has 2 N–H and O–H groups in total. The normalized spacial score (nSPS) is 14.9. The van der Waals surface area contributed by atoms with Crippen molar-refractivity contribution in [2.45, 2.75) is 16.6 Å². The maximum atomic E-state index is 13.4. The van der Waals surface area contributed by atoms with Crippen molar-refractivity contribution in [2.24, 2.45) is 0 Å². The van der Waals surface area contributed by atoms with Crippen LogP contribution in [0.4, 0.5) is 11.4 Å². The van der Waals surface area contributed by atoms with E-state index in [1.807, 2.05) is 12.1 Å². The fourth-order valence-electron chi connectivity index (χ4n) is 4.38. The van der Waals surface area contributed by atoms with Gasteiger partial charge < -0.3 is 15.4 Å². The summed E-state index contributed by atoms with van der Waals surface area (Å²) in [5.41, 5.74) is 2.18. The number of nitrogens with one attached hydrogen (secondary N) is 2. The van der Waals surface area contributed by atoms with Gasteiger partial charge in [0.15, 0.2) is 0 Å². The maximum absolute atomic E-state index is 13.4. The second-order valence-corrected chi connectivity index (χ2v) is 12.0. The zero-order valence-electron chi connectivity index (χ0n) is 23.0. The van der Waals surface area contributed by atoms with Gasteiger partial charge in [0, 0.05) is 26.1 Å². The lowest BCUT2D eigenvalue weighted by Gasteiger charge is -2.15. The molecule has 0 spiro atoms. The van der Waals surface area contributed by atoms with Crippen LogP contribution >= 0.6 is 34.4 Å². The Morgan fingerprint density at radius 2 is 1.65 bits per heavy atom. The van der Waals surface area contributed by atoms with Crippen molar-refractivity contribution >= 4 is 75.4 Å². The molecule has 0 aromatic heterocycles. The number of amides is 4. The van der Waals surface area contributed by atoms with Crippen molar-refractivity contribution in [1.82, 2.24) is 5.32 Å². The number of halogens is 1. The Balaban J connectivity index is 1.28. The minimum Gasteiger partial charge on any atom is -0.497 e. The van der Waals surface area contributed by atoms with Gasteiger partial charge in [-0.1, -0.05) is 30.3 Å². The molecule has 0 aliphatic carbocycles. The van der Waals surface area contributed by atoms with Crippen LogP contribution in [-0.2, 0) is 14.4 Å². The van der Waals surface area contributed by atoms with Crippen LogP contribution in [0.25, 0.3) is 6.08 Å². The van der Waals surface area contributed by atoms with E-state index in [-0.39, 0.29) is 23.9 Å². The van der Waals surface area contributed by atoms with Gasteiger partial charge in [-0.3, -0.25) is 19.2 Å². The van der Waals surface area contributed by atoms with E-state index in [1.54, 1.807) is 104 Å². The molecule has 1 saturated heterocycles. The van der Waals surface area contributed by atoms with Gasteiger partial charge >= 0.3 is 0 Å². The predicted octanol–water partition coefficient (Wildman–Crippen LogP) is 6.13. The number of carbonyl (C=O) groups excluding carboxylic acids is 4. The predicted molar refractivity (Wildman–Crippen MR) is 176 cm³/mol. The van der Waals surface area contributed by atoms with E-state index in [2.05, 4.69) is 33.2 Å². The molecule has 1 unspecified atom stereocenters. The molecule has 1 fully saturated rings. The molecule has 0 saturated carbocycles. The molecule has 4 amide bonds. The first-order valence-electron chi connectivity index (χ1n) is 13.2. The van der Waals surface area contributed by atoms with Crippen LogP contribution in [0.2, 0.25) is 0 Å². The van der Waals surface area contributed by atoms with Gasteiger partial charge in [0.05, 0.1) is 18.0 Å². The van der Waals surface area contributed by atoms with Crippen LogP contribution in [0.1, 0.15) is 22.3 Å². The fraction of sp³-hybridized carbons (Fsp3) is 0.0909. The summed E-state index contributed by atoms with van der Waals surface area (Å²) in [5, 5.41) is 5.00. The zero-order valence-corrected chi connectivity index (χ0v) is 25.9. The van der Waals surface area contributed by atoms with E-state index in [9.17, 15) is 19.2 Å². The second kappa shape index (κ2) is 13.7. The number of benzene rings is 4. The molecule has 1 heterocycles. The highest BCUT2D eigenvalue weighted by atomic mass is 127. The Labute approximate surface area is 266 Å². The Kier molecular flexibility index (Phi) is 9.58. The summed E-state index contributed by atoms with van der Waals surface area (Å²) in [6.45, 7) is 0. The molecule has 216 valence electrons. The summed E-state index contributed by atoms with van der Waals surface area (Å²) in [7, 11) is 1.55. The number of nitrogens with zero attached hydrogens (tertiary/aromatic N) is 1. The molecule has 8 nitrogen and oxygen atoms in total. The molecule has 4 aromatic rings. The summed E-state index contributed by atoms with van der Waals surface area (Å²) < 4.78 is 6.30. The number of rotatable bonds is 9. The molecule has 1 aliphatic heterocycles. The van der Waals surface area contributed by atoms with Crippen LogP contribution in [0.15, 0.2) is 114 Å². The molecule has 1 aliphatic rings. The first-order chi connectivity index (χ1) is 20.8. The number of hydrogen-bond donors (Lipinski definition) is 2. The van der Waals surface area contributed by atoms with Crippen LogP contribution in [-0.4, -0.2) is 36.0 Å². The second-order valence-electron chi connectivity index (χ2n) is 9.49. The van der Waals surface area contributed by atoms with E-state index in [4.69, 9.17) is 4.74 Å². The fourth-order valence-corrected chi connectivity index (χ4v) is 5.79. The highest BCUT2D eigenvalue weighted by Gasteiger charge is 2.40. The lowest BCUT2D eigenvalue weighted by atomic mass is 10.1. The quantitative estimate of drug-likeness (QED) is 0.124. The lowest BCUT2D eigenvalue weighted by molar-refractivity contribution is -0.121. The molecule has 0 radical (unpaired) electrons. The van der Waals surface area contributed by atoms with E-state index >= 15 is 0 Å². The zero-order chi connectivity index (χ0) is 30.3. The largest absolute Gasteiger partial charge is 0.497 e. The van der Waals surface area contributed by atoms with Gasteiger partial charge in [-0.25, -0.2) is 4.90 Å². The Morgan fingerprint density at radius 1 is 0.930 bits per heavy atom. The summed E-state index contributed by atoms with van der Waals surface area (Å²) in [6.07, 6.45) is 1.68. The first kappa shape index (κ1) is 30.1. The van der Waals surface area contributed by atoms with Crippen LogP contribution < -0.4 is 20.3 Å². The van der Waals surface area contributed by atoms with Gasteiger partial charge in [-0.15, -0.1) is 11.8 Å². The third-order valence-electron chi connectivity index (χ3n) is 6.51. The number of carbonyl (C=O) groups is 4. The third kappa shape index (κ3) is 7.51. The average molecular weight is 704 g/mol. The first-order valence-corrected chi connectivity index (χ1v) is 15.2. The lowest BCUT2D eigenvalue weighted by Crippen LogP contribution is -2.31. The van der Waals surface area contributed by atoms with Gasteiger partial charge in [0.25, 0.3) is 11.8 Å². The number of ether oxygens (including phenoxy) is 1. The number of thioether (sulfide) groups is 1. The highest BCUT2D eigenvalue weighted by molar-refractivity contribution is 14.1. The van der Waals surface area contributed by atoms with Crippen LogP contribution in [0, 0.1) is 3.57 Å². The molecular weight excluding hydrogens is 677 g/mol. The van der Waals surface area contributed by atoms with Crippen molar-refractivity contribution in [3.05, 3.63) is 124 Å². The monoisotopic (exact) mass is 703 g/mol. The molecule has 10 heteroatoms. The Hall–Kier alpha value is -4.42. The molecular formula is C33H26IN3O5S. The number of anilines is 2. The Bertz CT molecular complexity index is 1690. The topological polar surface area (TPSA) is 105 Å². The van der Waals surface area contributed by atoms with Gasteiger partial charge in [0.1, 0.15) is 11.4 Å². The Morgan fingerprint density at radius 3 is 2.35 bits per heavy atom. The third-order valence-corrected chi connectivity index (χ3v) is 8.43. The molecule has 1 atom stereocenters. The van der Waals surface area contributed by atoms with Crippen LogP contribution in [0.3, 0.4) is 0 Å². The van der Waals surface area contributed by atoms with Gasteiger partial charge in [0.2, 0.25) is 11.8 Å². The summed E-state index contributed by atoms with van der Waals surface area (Å²) in [4.78, 5) is 54.0. The van der Waals surface area contributed by atoms with E-state index in [1.165, 1.54) is 16.7 Å². The average Bonchev–Trinajstić information content (AvgIpc) is 3.30. The van der Waals surface area contributed by atoms with Crippen molar-refractivity contribution in [2.75, 3.05) is 17.3 Å². The number of hydrogen-bond acceptors (Lipinski definition) is 6. The minimum atomic E-state index is -0.544. The standard InChI is InChI=1S/C33H26IN3O5S/c1-42-26-9-5-6-21(18-26)19-28(36-31(39)22-7-3-2-4-8-22)32(40)35-24-12-16-27(17-13-24)43-29-20-30(38)37(33(29)41)25-14-10-23(34)11-15-25/h2-19,29H,20H2,1H3,(H,35,40)(H,36,39)/b28-19-. The smallest absolute Gasteiger partial charge is 0.272 e. The number of imide groups is 1. The van der Waals surface area contributed by atoms with Crippen molar-refractivity contribution in [3.63, 3.8) is 0 Å². The highest BCUT2D eigenvalue weighted by Crippen LogP contribution is 2.34. The van der Waals surface area contributed by atoms with E-state index in [0.29, 0.717) is 28.3 Å². The summed E-state index contributed by atoms with van der Waals surface area (Å²) in [5.74, 6) is -0.820. The SMILES string of the molecule is COc1cccc(/C=C(\NC(=O)c2ccccc2)C(=O)Nc2ccc(SC3CC(=O)N(c4ccc(I)cc4)C3=O)cc2)c1. The minimum absolute atomic E-state index is 0.0475. The molecule has 43 heavy (non-hydrogen) atoms. The maximum Gasteiger partial charge on any atom is 0.272 e. The van der Waals surface area contributed by atoms with Crippen molar-refractivity contribution < 1.29 is 23.9 Å². The molecule has 4 aromatic carbocycles. The summed E-state index contributed by atoms with van der Waals surface area (Å²) in [6, 6.07) is 30.0. The van der Waals surface area contributed by atoms with Crippen molar-refractivity contribution in [1.29, 1.82) is 0 Å². The van der Waals surface area contributed by atoms with E-state index < -0.39 is 17.1 Å². The molecule has 0 bridgehead atoms. The van der Waals surface area contributed by atoms with E-state index in [0.717, 1.165) is 8.47 Å². The van der Waals surface area contributed by atoms with Gasteiger partial charge in [-0.05, 0) is 107 Å². The van der Waals surface area contributed by atoms with Gasteiger partial charge in [-0.2, -0.15) is 0 Å². The number of methoxy groups -OCH3 is 1. The van der Waals surface area contributed by atoms with Crippen molar-refractivity contribution in [3.8, 4) is 5.75 Å².